The number of nitrogens with one attached hydrogen (secondary N) is 2. The molecule has 2 N–H and O–H groups in total. The number of hydrogen-bond donors (Lipinski definition) is 2. The number of rotatable bonds is 7. The number of aliphatic imine (C=N–C) groups is 1. The van der Waals surface area contributed by atoms with Gasteiger partial charge in [0.1, 0.15) is 0 Å². The van der Waals surface area contributed by atoms with Crippen LogP contribution in [0.15, 0.2) is 23.2 Å². The van der Waals surface area contributed by atoms with Crippen LogP contribution in [-0.2, 0) is 4.74 Å². The molecule has 0 amide bonds. The van der Waals surface area contributed by atoms with Gasteiger partial charge in [-0.15, -0.1) is 24.0 Å². The molecule has 8 heteroatoms. The molecule has 1 aromatic rings. The molecule has 154 valence electrons. The Morgan fingerprint density at radius 1 is 1.26 bits per heavy atom. The summed E-state index contributed by atoms with van der Waals surface area (Å²) >= 11 is 0. The molecule has 7 nitrogen and oxygen atoms in total. The first kappa shape index (κ1) is 23.8. The molecule has 1 heterocycles. The lowest BCUT2D eigenvalue weighted by molar-refractivity contribution is -0.00491. The van der Waals surface area contributed by atoms with Crippen LogP contribution in [0.25, 0.3) is 0 Å². The predicted molar refractivity (Wildman–Crippen MR) is 121 cm³/mol. The van der Waals surface area contributed by atoms with Gasteiger partial charge >= 0.3 is 0 Å². The SMILES string of the molecule is CCOc1cc(NC(=NC)NCC2(N(C)C)CCOCC2)ccc1OC.I. The van der Waals surface area contributed by atoms with Gasteiger partial charge in [0.2, 0.25) is 0 Å². The van der Waals surface area contributed by atoms with Crippen LogP contribution in [0.3, 0.4) is 0 Å². The van der Waals surface area contributed by atoms with Crippen LogP contribution in [0.5, 0.6) is 11.5 Å². The van der Waals surface area contributed by atoms with E-state index in [1.807, 2.05) is 25.1 Å². The maximum absolute atomic E-state index is 5.64. The highest BCUT2D eigenvalue weighted by Crippen LogP contribution is 2.30. The number of ether oxygens (including phenoxy) is 3. The molecule has 0 spiro atoms. The van der Waals surface area contributed by atoms with Crippen molar-refractivity contribution < 1.29 is 14.2 Å². The first-order valence-electron chi connectivity index (χ1n) is 9.08. The minimum atomic E-state index is 0. The van der Waals surface area contributed by atoms with E-state index < -0.39 is 0 Å². The van der Waals surface area contributed by atoms with Crippen molar-refractivity contribution >= 4 is 35.6 Å². The molecule has 1 saturated heterocycles. The minimum Gasteiger partial charge on any atom is -0.493 e. The lowest BCUT2D eigenvalue weighted by atomic mass is 9.88. The summed E-state index contributed by atoms with van der Waals surface area (Å²) in [6, 6.07) is 5.76. The van der Waals surface area contributed by atoms with E-state index in [1.165, 1.54) is 0 Å². The summed E-state index contributed by atoms with van der Waals surface area (Å²) in [5, 5.41) is 6.79. The van der Waals surface area contributed by atoms with Crippen LogP contribution in [0.1, 0.15) is 19.8 Å². The molecule has 2 rings (SSSR count). The van der Waals surface area contributed by atoms with Crippen molar-refractivity contribution in [1.82, 2.24) is 10.2 Å². The van der Waals surface area contributed by atoms with E-state index in [0.29, 0.717) is 18.1 Å². The molecule has 0 bridgehead atoms. The van der Waals surface area contributed by atoms with Gasteiger partial charge in [-0.3, -0.25) is 4.99 Å². The summed E-state index contributed by atoms with van der Waals surface area (Å²) in [6.45, 7) is 4.93. The van der Waals surface area contributed by atoms with Gasteiger partial charge in [0.05, 0.1) is 13.7 Å². The number of anilines is 1. The fraction of sp³-hybridized carbons (Fsp3) is 0.632. The third kappa shape index (κ3) is 6.39. The van der Waals surface area contributed by atoms with Crippen LogP contribution in [-0.4, -0.2) is 71.0 Å². The number of guanidine groups is 1. The molecule has 0 aliphatic carbocycles. The summed E-state index contributed by atoms with van der Waals surface area (Å²) < 4.78 is 16.5. The zero-order valence-electron chi connectivity index (χ0n) is 17.0. The smallest absolute Gasteiger partial charge is 0.195 e. The van der Waals surface area contributed by atoms with E-state index >= 15 is 0 Å². The van der Waals surface area contributed by atoms with E-state index in [2.05, 4.69) is 34.6 Å². The number of methoxy groups -OCH3 is 1. The maximum Gasteiger partial charge on any atom is 0.195 e. The Morgan fingerprint density at radius 2 is 1.96 bits per heavy atom. The van der Waals surface area contributed by atoms with E-state index in [1.54, 1.807) is 14.2 Å². The van der Waals surface area contributed by atoms with Crippen LogP contribution in [0.2, 0.25) is 0 Å². The molecule has 1 aliphatic rings. The standard InChI is InChI=1S/C19H32N4O3.HI/c1-6-26-17-13-15(7-8-16(17)24-5)22-18(20-2)21-14-19(23(3)4)9-11-25-12-10-19;/h7-8,13H,6,9-12,14H2,1-5H3,(H2,20,21,22);1H. The number of benzene rings is 1. The lowest BCUT2D eigenvalue weighted by Gasteiger charge is -2.43. The monoisotopic (exact) mass is 492 g/mol. The molecule has 27 heavy (non-hydrogen) atoms. The van der Waals surface area contributed by atoms with Crippen molar-refractivity contribution in [2.75, 3.05) is 59.9 Å². The summed E-state index contributed by atoms with van der Waals surface area (Å²) in [5.41, 5.74) is 0.972. The second-order valence-corrected chi connectivity index (χ2v) is 6.58. The maximum atomic E-state index is 5.64. The zero-order valence-corrected chi connectivity index (χ0v) is 19.3. The Balaban J connectivity index is 0.00000364. The van der Waals surface area contributed by atoms with Gasteiger partial charge in [0.25, 0.3) is 0 Å². The van der Waals surface area contributed by atoms with Crippen molar-refractivity contribution in [1.29, 1.82) is 0 Å². The highest BCUT2D eigenvalue weighted by molar-refractivity contribution is 14.0. The Kier molecular flexibility index (Phi) is 10.2. The Morgan fingerprint density at radius 3 is 2.52 bits per heavy atom. The first-order valence-corrected chi connectivity index (χ1v) is 9.08. The second-order valence-electron chi connectivity index (χ2n) is 6.58. The minimum absolute atomic E-state index is 0. The molecule has 1 aliphatic heterocycles. The average Bonchev–Trinajstić information content (AvgIpc) is 2.66. The third-order valence-electron chi connectivity index (χ3n) is 4.91. The van der Waals surface area contributed by atoms with Crippen LogP contribution in [0.4, 0.5) is 5.69 Å². The lowest BCUT2D eigenvalue weighted by Crippen LogP contribution is -2.56. The molecular weight excluding hydrogens is 459 g/mol. The zero-order chi connectivity index (χ0) is 19.0. The largest absolute Gasteiger partial charge is 0.493 e. The van der Waals surface area contributed by atoms with Crippen LogP contribution in [0, 0.1) is 0 Å². The van der Waals surface area contributed by atoms with E-state index in [4.69, 9.17) is 14.2 Å². The highest BCUT2D eigenvalue weighted by Gasteiger charge is 2.34. The van der Waals surface area contributed by atoms with Crippen molar-refractivity contribution in [3.05, 3.63) is 18.2 Å². The normalized spacial score (nSPS) is 16.4. The molecular formula is C19H33IN4O3. The highest BCUT2D eigenvalue weighted by atomic mass is 127. The van der Waals surface area contributed by atoms with Gasteiger partial charge < -0.3 is 29.7 Å². The molecule has 0 atom stereocenters. The number of hydrogen-bond acceptors (Lipinski definition) is 5. The van der Waals surface area contributed by atoms with Gasteiger partial charge in [-0.05, 0) is 46.0 Å². The Bertz CT molecular complexity index is 605. The van der Waals surface area contributed by atoms with Crippen LogP contribution >= 0.6 is 24.0 Å². The fourth-order valence-corrected chi connectivity index (χ4v) is 3.12. The summed E-state index contributed by atoms with van der Waals surface area (Å²) in [4.78, 5) is 6.64. The fourth-order valence-electron chi connectivity index (χ4n) is 3.12. The quantitative estimate of drug-likeness (QED) is 0.347. The van der Waals surface area contributed by atoms with E-state index in [9.17, 15) is 0 Å². The molecule has 1 fully saturated rings. The predicted octanol–water partition coefficient (Wildman–Crippen LogP) is 2.81. The molecule has 0 saturated carbocycles. The summed E-state index contributed by atoms with van der Waals surface area (Å²) in [6.07, 6.45) is 2.00. The number of halogens is 1. The van der Waals surface area contributed by atoms with Gasteiger partial charge in [0, 0.05) is 44.1 Å². The van der Waals surface area contributed by atoms with Gasteiger partial charge in [-0.25, -0.2) is 0 Å². The van der Waals surface area contributed by atoms with Gasteiger partial charge in [-0.2, -0.15) is 0 Å². The Labute approximate surface area is 179 Å². The average molecular weight is 492 g/mol. The van der Waals surface area contributed by atoms with E-state index in [0.717, 1.165) is 44.2 Å². The topological polar surface area (TPSA) is 67.4 Å². The van der Waals surface area contributed by atoms with Gasteiger partial charge in [0.15, 0.2) is 17.5 Å². The molecule has 0 radical (unpaired) electrons. The summed E-state index contributed by atoms with van der Waals surface area (Å²) in [5.74, 6) is 2.16. The number of likely N-dealkylation sites (N-methyl/N-ethyl adjacent to an activating group) is 1. The second kappa shape index (κ2) is 11.6. The van der Waals surface area contributed by atoms with Crippen molar-refractivity contribution in [2.45, 2.75) is 25.3 Å². The molecule has 1 aromatic carbocycles. The summed E-state index contributed by atoms with van der Waals surface area (Å²) in [7, 11) is 7.66. The van der Waals surface area contributed by atoms with Crippen molar-refractivity contribution in [3.8, 4) is 11.5 Å². The third-order valence-corrected chi connectivity index (χ3v) is 4.91. The van der Waals surface area contributed by atoms with Gasteiger partial charge in [-0.1, -0.05) is 0 Å². The van der Waals surface area contributed by atoms with Crippen LogP contribution < -0.4 is 20.1 Å². The molecule has 0 aromatic heterocycles. The first-order chi connectivity index (χ1) is 12.5. The van der Waals surface area contributed by atoms with E-state index in [-0.39, 0.29) is 29.5 Å². The van der Waals surface area contributed by atoms with Crippen molar-refractivity contribution in [2.24, 2.45) is 4.99 Å². The molecule has 0 unspecified atom stereocenters. The Hall–Kier alpha value is -1.26. The van der Waals surface area contributed by atoms with Crippen molar-refractivity contribution in [3.63, 3.8) is 0 Å². The number of nitrogens with zero attached hydrogens (tertiary/aromatic N) is 2.